The summed E-state index contributed by atoms with van der Waals surface area (Å²) >= 11 is 0. The molecule has 0 saturated carbocycles. The molecule has 0 aliphatic rings. The predicted molar refractivity (Wildman–Crippen MR) is 94.3 cm³/mol. The Morgan fingerprint density at radius 3 is 2.44 bits per heavy atom. The number of aryl methyl sites for hydroxylation is 1. The van der Waals surface area contributed by atoms with Gasteiger partial charge in [0.1, 0.15) is 11.5 Å². The Balaban J connectivity index is 1.92. The SMILES string of the molecule is CCOC(=O)c1ccc(OCC(=O)Nc2cc(C)ccc2OC)cc1. The molecule has 0 aliphatic carbocycles. The Bertz CT molecular complexity index is 740. The van der Waals surface area contributed by atoms with Gasteiger partial charge in [0.05, 0.1) is 25.0 Å². The minimum Gasteiger partial charge on any atom is -0.495 e. The Hall–Kier alpha value is -3.02. The number of hydrogen-bond acceptors (Lipinski definition) is 5. The van der Waals surface area contributed by atoms with Gasteiger partial charge in [-0.15, -0.1) is 0 Å². The lowest BCUT2D eigenvalue weighted by Gasteiger charge is -2.12. The topological polar surface area (TPSA) is 73.9 Å². The van der Waals surface area contributed by atoms with Crippen LogP contribution in [0, 0.1) is 6.92 Å². The molecule has 0 heterocycles. The van der Waals surface area contributed by atoms with Crippen molar-refractivity contribution in [3.8, 4) is 11.5 Å². The summed E-state index contributed by atoms with van der Waals surface area (Å²) in [5, 5.41) is 2.76. The zero-order valence-electron chi connectivity index (χ0n) is 14.5. The van der Waals surface area contributed by atoms with Crippen molar-refractivity contribution in [2.24, 2.45) is 0 Å². The first-order valence-electron chi connectivity index (χ1n) is 7.88. The summed E-state index contributed by atoms with van der Waals surface area (Å²) in [5.41, 5.74) is 2.03. The van der Waals surface area contributed by atoms with Gasteiger partial charge in [-0.1, -0.05) is 6.07 Å². The monoisotopic (exact) mass is 343 g/mol. The molecule has 0 fully saturated rings. The smallest absolute Gasteiger partial charge is 0.338 e. The van der Waals surface area contributed by atoms with Crippen LogP contribution in [0.5, 0.6) is 11.5 Å². The van der Waals surface area contributed by atoms with Crippen LogP contribution < -0.4 is 14.8 Å². The van der Waals surface area contributed by atoms with E-state index in [0.29, 0.717) is 29.4 Å². The van der Waals surface area contributed by atoms with Crippen LogP contribution in [-0.4, -0.2) is 32.2 Å². The van der Waals surface area contributed by atoms with Crippen molar-refractivity contribution in [2.45, 2.75) is 13.8 Å². The summed E-state index contributed by atoms with van der Waals surface area (Å²) in [6, 6.07) is 11.9. The quantitative estimate of drug-likeness (QED) is 0.782. The molecule has 6 heteroatoms. The lowest BCUT2D eigenvalue weighted by molar-refractivity contribution is -0.118. The first kappa shape index (κ1) is 18.3. The number of ether oxygens (including phenoxy) is 3. The highest BCUT2D eigenvalue weighted by molar-refractivity contribution is 5.93. The molecule has 0 spiro atoms. The third kappa shape index (κ3) is 5.24. The van der Waals surface area contributed by atoms with Crippen LogP contribution in [-0.2, 0) is 9.53 Å². The number of rotatable bonds is 7. The highest BCUT2D eigenvalue weighted by Gasteiger charge is 2.10. The molecule has 1 amide bonds. The van der Waals surface area contributed by atoms with E-state index in [-0.39, 0.29) is 12.5 Å². The van der Waals surface area contributed by atoms with Crippen molar-refractivity contribution in [1.82, 2.24) is 0 Å². The highest BCUT2D eigenvalue weighted by atomic mass is 16.5. The Morgan fingerprint density at radius 2 is 1.80 bits per heavy atom. The molecule has 2 aromatic carbocycles. The van der Waals surface area contributed by atoms with Crippen molar-refractivity contribution in [3.05, 3.63) is 53.6 Å². The first-order chi connectivity index (χ1) is 12.0. The van der Waals surface area contributed by atoms with E-state index in [4.69, 9.17) is 14.2 Å². The van der Waals surface area contributed by atoms with Gasteiger partial charge >= 0.3 is 5.97 Å². The molecule has 0 bridgehead atoms. The number of benzene rings is 2. The number of carbonyl (C=O) groups excluding carboxylic acids is 2. The molecule has 0 saturated heterocycles. The maximum absolute atomic E-state index is 12.1. The van der Waals surface area contributed by atoms with E-state index in [9.17, 15) is 9.59 Å². The number of anilines is 1. The summed E-state index contributed by atoms with van der Waals surface area (Å²) < 4.78 is 15.6. The Labute approximate surface area is 146 Å². The molecular weight excluding hydrogens is 322 g/mol. The lowest BCUT2D eigenvalue weighted by atomic mass is 10.2. The van der Waals surface area contributed by atoms with Gasteiger partial charge in [0, 0.05) is 0 Å². The number of amides is 1. The second-order valence-corrected chi connectivity index (χ2v) is 5.29. The van der Waals surface area contributed by atoms with Crippen molar-refractivity contribution >= 4 is 17.6 Å². The molecule has 0 radical (unpaired) electrons. The maximum Gasteiger partial charge on any atom is 0.338 e. The molecule has 0 atom stereocenters. The van der Waals surface area contributed by atoms with Crippen LogP contribution in [0.2, 0.25) is 0 Å². The maximum atomic E-state index is 12.1. The van der Waals surface area contributed by atoms with Crippen molar-refractivity contribution in [2.75, 3.05) is 25.6 Å². The fourth-order valence-corrected chi connectivity index (χ4v) is 2.16. The molecule has 0 unspecified atom stereocenters. The van der Waals surface area contributed by atoms with Gasteiger partial charge in [-0.25, -0.2) is 4.79 Å². The average molecular weight is 343 g/mol. The van der Waals surface area contributed by atoms with E-state index in [0.717, 1.165) is 5.56 Å². The molecule has 132 valence electrons. The Kier molecular flexibility index (Phi) is 6.39. The highest BCUT2D eigenvalue weighted by Crippen LogP contribution is 2.25. The minimum absolute atomic E-state index is 0.157. The number of nitrogens with one attached hydrogen (secondary N) is 1. The van der Waals surface area contributed by atoms with Crippen molar-refractivity contribution in [3.63, 3.8) is 0 Å². The summed E-state index contributed by atoms with van der Waals surface area (Å²) in [4.78, 5) is 23.6. The summed E-state index contributed by atoms with van der Waals surface area (Å²) in [6.07, 6.45) is 0. The molecule has 25 heavy (non-hydrogen) atoms. The van der Waals surface area contributed by atoms with Gasteiger partial charge in [0.25, 0.3) is 5.91 Å². The molecule has 2 rings (SSSR count). The van der Waals surface area contributed by atoms with Gasteiger partial charge in [0.15, 0.2) is 6.61 Å². The van der Waals surface area contributed by atoms with Gasteiger partial charge in [-0.05, 0) is 55.8 Å². The summed E-state index contributed by atoms with van der Waals surface area (Å²) in [6.45, 7) is 3.84. The van der Waals surface area contributed by atoms with E-state index < -0.39 is 5.97 Å². The second kappa shape index (κ2) is 8.73. The number of esters is 1. The third-order valence-electron chi connectivity index (χ3n) is 3.36. The normalized spacial score (nSPS) is 10.0. The first-order valence-corrected chi connectivity index (χ1v) is 7.88. The zero-order chi connectivity index (χ0) is 18.2. The third-order valence-corrected chi connectivity index (χ3v) is 3.36. The minimum atomic E-state index is -0.390. The van der Waals surface area contributed by atoms with E-state index in [2.05, 4.69) is 5.32 Å². The van der Waals surface area contributed by atoms with Crippen LogP contribution >= 0.6 is 0 Å². The fraction of sp³-hybridized carbons (Fsp3) is 0.263. The van der Waals surface area contributed by atoms with Crippen molar-refractivity contribution < 1.29 is 23.8 Å². The molecule has 1 N–H and O–H groups in total. The second-order valence-electron chi connectivity index (χ2n) is 5.29. The number of hydrogen-bond donors (Lipinski definition) is 1. The largest absolute Gasteiger partial charge is 0.495 e. The van der Waals surface area contributed by atoms with Gasteiger partial charge in [0.2, 0.25) is 0 Å². The molecule has 2 aromatic rings. The Morgan fingerprint density at radius 1 is 1.08 bits per heavy atom. The molecule has 0 aromatic heterocycles. The standard InChI is InChI=1S/C19H21NO5/c1-4-24-19(22)14-6-8-15(9-7-14)25-12-18(21)20-16-11-13(2)5-10-17(16)23-3/h5-11H,4,12H2,1-3H3,(H,20,21). The van der Waals surface area contributed by atoms with Crippen LogP contribution in [0.3, 0.4) is 0 Å². The summed E-state index contributed by atoms with van der Waals surface area (Å²) in [7, 11) is 1.54. The van der Waals surface area contributed by atoms with Crippen molar-refractivity contribution in [1.29, 1.82) is 0 Å². The van der Waals surface area contributed by atoms with Gasteiger partial charge in [-0.3, -0.25) is 4.79 Å². The van der Waals surface area contributed by atoms with E-state index in [1.165, 1.54) is 0 Å². The average Bonchev–Trinajstić information content (AvgIpc) is 2.61. The lowest BCUT2D eigenvalue weighted by Crippen LogP contribution is -2.20. The van der Waals surface area contributed by atoms with E-state index in [1.807, 2.05) is 19.1 Å². The summed E-state index contributed by atoms with van der Waals surface area (Å²) in [5.74, 6) is 0.369. The number of methoxy groups -OCH3 is 1. The fourth-order valence-electron chi connectivity index (χ4n) is 2.16. The predicted octanol–water partition coefficient (Wildman–Crippen LogP) is 3.20. The van der Waals surface area contributed by atoms with E-state index in [1.54, 1.807) is 44.4 Å². The molecule has 0 aliphatic heterocycles. The van der Waals surface area contributed by atoms with Crippen LogP contribution in [0.15, 0.2) is 42.5 Å². The van der Waals surface area contributed by atoms with E-state index >= 15 is 0 Å². The van der Waals surface area contributed by atoms with Crippen LogP contribution in [0.1, 0.15) is 22.8 Å². The molecular formula is C19H21NO5. The van der Waals surface area contributed by atoms with Gasteiger partial charge in [-0.2, -0.15) is 0 Å². The van der Waals surface area contributed by atoms with Gasteiger partial charge < -0.3 is 19.5 Å². The number of carbonyl (C=O) groups is 2. The zero-order valence-corrected chi connectivity index (χ0v) is 14.5. The van der Waals surface area contributed by atoms with Crippen LogP contribution in [0.25, 0.3) is 0 Å². The molecule has 6 nitrogen and oxygen atoms in total. The van der Waals surface area contributed by atoms with Crippen LogP contribution in [0.4, 0.5) is 5.69 Å².